The third-order valence-corrected chi connectivity index (χ3v) is 2.74. The first-order chi connectivity index (χ1) is 8.65. The van der Waals surface area contributed by atoms with E-state index in [2.05, 4.69) is 10.2 Å². The Labute approximate surface area is 106 Å². The van der Waals surface area contributed by atoms with E-state index in [0.29, 0.717) is 18.7 Å². The lowest BCUT2D eigenvalue weighted by molar-refractivity contribution is -0.129. The number of nitrogen functional groups attached to an aromatic ring is 1. The third-order valence-electron chi connectivity index (χ3n) is 2.74. The van der Waals surface area contributed by atoms with E-state index >= 15 is 0 Å². The summed E-state index contributed by atoms with van der Waals surface area (Å²) in [6.45, 7) is 0.560. The van der Waals surface area contributed by atoms with Gasteiger partial charge in [0.15, 0.2) is 0 Å². The highest BCUT2D eigenvalue weighted by atomic mass is 16.2. The van der Waals surface area contributed by atoms with Gasteiger partial charge in [0.2, 0.25) is 5.91 Å². The minimum absolute atomic E-state index is 0.0703. The highest BCUT2D eigenvalue weighted by molar-refractivity contribution is 5.78. The maximum Gasteiger partial charge on any atom is 0.227 e. The molecule has 18 heavy (non-hydrogen) atoms. The minimum Gasteiger partial charge on any atom is -0.399 e. The summed E-state index contributed by atoms with van der Waals surface area (Å²) in [5, 5.41) is 6.58. The van der Waals surface area contributed by atoms with Crippen molar-refractivity contribution >= 4 is 11.6 Å². The van der Waals surface area contributed by atoms with Crippen molar-refractivity contribution < 1.29 is 4.79 Å². The van der Waals surface area contributed by atoms with Crippen LogP contribution < -0.4 is 5.73 Å². The molecule has 1 aromatic heterocycles. The van der Waals surface area contributed by atoms with Crippen LogP contribution in [0.1, 0.15) is 11.1 Å². The van der Waals surface area contributed by atoms with Gasteiger partial charge in [-0.1, -0.05) is 12.1 Å². The number of nitrogens with one attached hydrogen (secondary N) is 1. The predicted octanol–water partition coefficient (Wildman–Crippen LogP) is 1.19. The molecule has 0 radical (unpaired) electrons. The number of H-pyrrole nitrogens is 1. The molecule has 0 fully saturated rings. The Bertz CT molecular complexity index is 504. The monoisotopic (exact) mass is 244 g/mol. The second-order valence-electron chi connectivity index (χ2n) is 4.27. The molecular weight excluding hydrogens is 228 g/mol. The summed E-state index contributed by atoms with van der Waals surface area (Å²) in [7, 11) is 1.78. The zero-order valence-electron chi connectivity index (χ0n) is 10.3. The number of aromatic nitrogens is 2. The van der Waals surface area contributed by atoms with E-state index in [4.69, 9.17) is 5.73 Å². The van der Waals surface area contributed by atoms with Crippen LogP contribution >= 0.6 is 0 Å². The van der Waals surface area contributed by atoms with Gasteiger partial charge >= 0.3 is 0 Å². The molecule has 1 aromatic carbocycles. The van der Waals surface area contributed by atoms with Gasteiger partial charge in [0.05, 0.1) is 12.6 Å². The molecule has 0 aliphatic carbocycles. The molecule has 0 bridgehead atoms. The SMILES string of the molecule is CN(Cc1cn[nH]c1)C(=O)Cc1ccc(N)cc1. The summed E-state index contributed by atoms with van der Waals surface area (Å²) in [4.78, 5) is 13.7. The van der Waals surface area contributed by atoms with E-state index in [9.17, 15) is 4.79 Å². The number of hydrogen-bond acceptors (Lipinski definition) is 3. The number of rotatable bonds is 4. The number of nitrogens with two attached hydrogens (primary N) is 1. The first kappa shape index (κ1) is 12.2. The van der Waals surface area contributed by atoms with Crippen molar-refractivity contribution in [2.75, 3.05) is 12.8 Å². The number of amides is 1. The fourth-order valence-electron chi connectivity index (χ4n) is 1.67. The average molecular weight is 244 g/mol. The van der Waals surface area contributed by atoms with Crippen molar-refractivity contribution in [1.82, 2.24) is 15.1 Å². The third kappa shape index (κ3) is 3.10. The fourth-order valence-corrected chi connectivity index (χ4v) is 1.67. The summed E-state index contributed by atoms with van der Waals surface area (Å²) in [5.41, 5.74) is 8.26. The summed E-state index contributed by atoms with van der Waals surface area (Å²) >= 11 is 0. The molecule has 94 valence electrons. The number of benzene rings is 1. The fraction of sp³-hybridized carbons (Fsp3) is 0.231. The molecular formula is C13H16N4O. The molecule has 0 aliphatic heterocycles. The van der Waals surface area contributed by atoms with E-state index in [1.807, 2.05) is 12.1 Å². The van der Waals surface area contributed by atoms with Crippen molar-refractivity contribution in [3.63, 3.8) is 0 Å². The second kappa shape index (κ2) is 5.35. The summed E-state index contributed by atoms with van der Waals surface area (Å²) in [5.74, 6) is 0.0703. The Morgan fingerprint density at radius 3 is 2.67 bits per heavy atom. The lowest BCUT2D eigenvalue weighted by Crippen LogP contribution is -2.27. The van der Waals surface area contributed by atoms with Gasteiger partial charge in [0.25, 0.3) is 0 Å². The molecule has 0 atom stereocenters. The summed E-state index contributed by atoms with van der Waals surface area (Å²) < 4.78 is 0. The Kier molecular flexibility index (Phi) is 3.62. The molecule has 0 unspecified atom stereocenters. The van der Waals surface area contributed by atoms with Crippen molar-refractivity contribution in [1.29, 1.82) is 0 Å². The smallest absolute Gasteiger partial charge is 0.227 e. The Hall–Kier alpha value is -2.30. The predicted molar refractivity (Wildman–Crippen MR) is 69.6 cm³/mol. The van der Waals surface area contributed by atoms with Crippen LogP contribution in [0.5, 0.6) is 0 Å². The van der Waals surface area contributed by atoms with Crippen molar-refractivity contribution in [3.05, 3.63) is 47.8 Å². The van der Waals surface area contributed by atoms with E-state index in [0.717, 1.165) is 11.1 Å². The van der Waals surface area contributed by atoms with Crippen LogP contribution in [0.4, 0.5) is 5.69 Å². The molecule has 0 saturated heterocycles. The molecule has 3 N–H and O–H groups in total. The zero-order chi connectivity index (χ0) is 13.0. The number of carbonyl (C=O) groups is 1. The van der Waals surface area contributed by atoms with Gasteiger partial charge in [-0.15, -0.1) is 0 Å². The molecule has 5 nitrogen and oxygen atoms in total. The number of nitrogens with zero attached hydrogens (tertiary/aromatic N) is 2. The van der Waals surface area contributed by atoms with Gasteiger partial charge in [-0.3, -0.25) is 9.89 Å². The van der Waals surface area contributed by atoms with Gasteiger partial charge in [-0.25, -0.2) is 0 Å². The standard InChI is InChI=1S/C13H16N4O/c1-17(9-11-7-15-16-8-11)13(18)6-10-2-4-12(14)5-3-10/h2-5,7-8H,6,9,14H2,1H3,(H,15,16). The summed E-state index contributed by atoms with van der Waals surface area (Å²) in [6, 6.07) is 7.36. The molecule has 1 amide bonds. The van der Waals surface area contributed by atoms with Crippen molar-refractivity contribution in [3.8, 4) is 0 Å². The van der Waals surface area contributed by atoms with Gasteiger partial charge < -0.3 is 10.6 Å². The van der Waals surface area contributed by atoms with E-state index in [1.165, 1.54) is 0 Å². The van der Waals surface area contributed by atoms with Gasteiger partial charge in [-0.05, 0) is 17.7 Å². The lowest BCUT2D eigenvalue weighted by atomic mass is 10.1. The lowest BCUT2D eigenvalue weighted by Gasteiger charge is -2.16. The van der Waals surface area contributed by atoms with E-state index in [-0.39, 0.29) is 5.91 Å². The zero-order valence-corrected chi connectivity index (χ0v) is 10.3. The first-order valence-electron chi connectivity index (χ1n) is 5.71. The number of carbonyl (C=O) groups excluding carboxylic acids is 1. The molecule has 0 spiro atoms. The van der Waals surface area contributed by atoms with Crippen LogP contribution in [0.15, 0.2) is 36.7 Å². The number of hydrogen-bond donors (Lipinski definition) is 2. The quantitative estimate of drug-likeness (QED) is 0.793. The maximum atomic E-state index is 12.0. The molecule has 0 aliphatic rings. The highest BCUT2D eigenvalue weighted by Gasteiger charge is 2.10. The molecule has 2 rings (SSSR count). The molecule has 5 heteroatoms. The summed E-state index contributed by atoms with van der Waals surface area (Å²) in [6.07, 6.45) is 3.88. The van der Waals surface area contributed by atoms with Crippen LogP contribution in [0, 0.1) is 0 Å². The van der Waals surface area contributed by atoms with Crippen molar-refractivity contribution in [2.24, 2.45) is 0 Å². The molecule has 2 aromatic rings. The first-order valence-corrected chi connectivity index (χ1v) is 5.71. The number of likely N-dealkylation sites (N-methyl/N-ethyl adjacent to an activating group) is 1. The molecule has 0 saturated carbocycles. The van der Waals surface area contributed by atoms with Crippen LogP contribution in [0.25, 0.3) is 0 Å². The van der Waals surface area contributed by atoms with Crippen LogP contribution in [0.3, 0.4) is 0 Å². The van der Waals surface area contributed by atoms with Crippen LogP contribution in [-0.2, 0) is 17.8 Å². The largest absolute Gasteiger partial charge is 0.399 e. The minimum atomic E-state index is 0.0703. The van der Waals surface area contributed by atoms with Crippen molar-refractivity contribution in [2.45, 2.75) is 13.0 Å². The van der Waals surface area contributed by atoms with Gasteiger partial charge in [0.1, 0.15) is 0 Å². The van der Waals surface area contributed by atoms with Gasteiger partial charge in [0, 0.05) is 31.0 Å². The average Bonchev–Trinajstić information content (AvgIpc) is 2.85. The Morgan fingerprint density at radius 2 is 2.06 bits per heavy atom. The number of aromatic amines is 1. The van der Waals surface area contributed by atoms with Gasteiger partial charge in [-0.2, -0.15) is 5.10 Å². The highest BCUT2D eigenvalue weighted by Crippen LogP contribution is 2.08. The Balaban J connectivity index is 1.93. The van der Waals surface area contributed by atoms with E-state index in [1.54, 1.807) is 36.5 Å². The molecule has 1 heterocycles. The second-order valence-corrected chi connectivity index (χ2v) is 4.27. The Morgan fingerprint density at radius 1 is 1.33 bits per heavy atom. The van der Waals surface area contributed by atoms with E-state index < -0.39 is 0 Å². The number of anilines is 1. The topological polar surface area (TPSA) is 75.0 Å². The maximum absolute atomic E-state index is 12.0. The normalized spacial score (nSPS) is 10.3. The van der Waals surface area contributed by atoms with Crippen LogP contribution in [0.2, 0.25) is 0 Å². The van der Waals surface area contributed by atoms with Crippen LogP contribution in [-0.4, -0.2) is 28.1 Å².